The summed E-state index contributed by atoms with van der Waals surface area (Å²) in [4.78, 5) is 13.0. The van der Waals surface area contributed by atoms with Crippen molar-refractivity contribution in [3.8, 4) is 17.1 Å². The number of amides is 1. The maximum Gasteiger partial charge on any atom is 0.270 e. The lowest BCUT2D eigenvalue weighted by Crippen LogP contribution is -2.25. The van der Waals surface area contributed by atoms with Crippen molar-refractivity contribution in [1.82, 2.24) is 15.1 Å². The van der Waals surface area contributed by atoms with Crippen LogP contribution in [0.3, 0.4) is 0 Å². The average Bonchev–Trinajstić information content (AvgIpc) is 3.37. The Hall–Kier alpha value is -3.60. The van der Waals surface area contributed by atoms with Crippen molar-refractivity contribution >= 4 is 5.91 Å². The number of aromatic nitrogens is 2. The van der Waals surface area contributed by atoms with E-state index in [2.05, 4.69) is 16.5 Å². The average molecular weight is 371 g/mol. The molecular formula is C23H21N3O2. The monoisotopic (exact) mass is 371 g/mol. The van der Waals surface area contributed by atoms with Gasteiger partial charge in [-0.1, -0.05) is 48.0 Å². The van der Waals surface area contributed by atoms with Crippen molar-refractivity contribution in [2.75, 3.05) is 0 Å². The van der Waals surface area contributed by atoms with Gasteiger partial charge >= 0.3 is 0 Å². The number of hydrogen-bond donors (Lipinski definition) is 1. The van der Waals surface area contributed by atoms with E-state index >= 15 is 0 Å². The highest BCUT2D eigenvalue weighted by molar-refractivity contribution is 5.94. The number of furan rings is 1. The van der Waals surface area contributed by atoms with Crippen molar-refractivity contribution in [3.05, 3.63) is 95.4 Å². The molecule has 0 spiro atoms. The van der Waals surface area contributed by atoms with E-state index in [0.717, 1.165) is 22.4 Å². The lowest BCUT2D eigenvalue weighted by molar-refractivity contribution is 0.0943. The minimum atomic E-state index is -0.186. The highest BCUT2D eigenvalue weighted by Gasteiger charge is 2.19. The number of benzene rings is 2. The first kappa shape index (κ1) is 17.8. The van der Waals surface area contributed by atoms with Crippen LogP contribution in [-0.2, 0) is 6.54 Å². The van der Waals surface area contributed by atoms with Gasteiger partial charge in [0.05, 0.1) is 12.0 Å². The van der Waals surface area contributed by atoms with E-state index in [4.69, 9.17) is 4.42 Å². The van der Waals surface area contributed by atoms with Crippen molar-refractivity contribution in [2.24, 2.45) is 0 Å². The number of carbonyl (C=O) groups excluding carboxylic acids is 1. The molecule has 5 nitrogen and oxygen atoms in total. The molecule has 0 fully saturated rings. The molecule has 0 saturated heterocycles. The van der Waals surface area contributed by atoms with E-state index < -0.39 is 0 Å². The third kappa shape index (κ3) is 3.60. The molecule has 4 aromatic rings. The summed E-state index contributed by atoms with van der Waals surface area (Å²) >= 11 is 0. The molecule has 2 heterocycles. The van der Waals surface area contributed by atoms with Gasteiger partial charge in [-0.05, 0) is 43.2 Å². The van der Waals surface area contributed by atoms with Gasteiger partial charge in [-0.3, -0.25) is 4.79 Å². The molecule has 0 aliphatic heterocycles. The van der Waals surface area contributed by atoms with E-state index in [9.17, 15) is 4.79 Å². The SMILES string of the molecule is Cc1ccc(-n2nc(-c3ccco3)cc2C(=O)NCc2ccccc2)c(C)c1. The minimum absolute atomic E-state index is 0.186. The number of carbonyl (C=O) groups is 1. The van der Waals surface area contributed by atoms with Crippen molar-refractivity contribution in [1.29, 1.82) is 0 Å². The van der Waals surface area contributed by atoms with Crippen LogP contribution in [-0.4, -0.2) is 15.7 Å². The normalized spacial score (nSPS) is 10.8. The van der Waals surface area contributed by atoms with E-state index in [1.807, 2.05) is 62.4 Å². The van der Waals surface area contributed by atoms with Crippen LogP contribution in [0, 0.1) is 13.8 Å². The minimum Gasteiger partial charge on any atom is -0.463 e. The fourth-order valence-corrected chi connectivity index (χ4v) is 3.18. The first-order valence-corrected chi connectivity index (χ1v) is 9.15. The molecule has 0 unspecified atom stereocenters. The second-order valence-corrected chi connectivity index (χ2v) is 6.76. The molecule has 0 radical (unpaired) electrons. The van der Waals surface area contributed by atoms with Gasteiger partial charge in [-0.15, -0.1) is 0 Å². The molecule has 0 atom stereocenters. The number of rotatable bonds is 5. The molecule has 140 valence electrons. The Kier molecular flexibility index (Phi) is 4.81. The highest BCUT2D eigenvalue weighted by Crippen LogP contribution is 2.24. The molecule has 28 heavy (non-hydrogen) atoms. The summed E-state index contributed by atoms with van der Waals surface area (Å²) in [5.74, 6) is 0.440. The highest BCUT2D eigenvalue weighted by atomic mass is 16.3. The lowest BCUT2D eigenvalue weighted by atomic mass is 10.1. The van der Waals surface area contributed by atoms with Gasteiger partial charge in [-0.25, -0.2) is 4.68 Å². The molecule has 2 aromatic carbocycles. The van der Waals surface area contributed by atoms with Gasteiger partial charge < -0.3 is 9.73 Å². The molecule has 0 bridgehead atoms. The maximum atomic E-state index is 13.0. The summed E-state index contributed by atoms with van der Waals surface area (Å²) in [5, 5.41) is 7.64. The third-order valence-corrected chi connectivity index (χ3v) is 4.59. The first-order valence-electron chi connectivity index (χ1n) is 9.15. The Labute approximate surface area is 163 Å². The largest absolute Gasteiger partial charge is 0.463 e. The van der Waals surface area contributed by atoms with Crippen LogP contribution in [0.5, 0.6) is 0 Å². The third-order valence-electron chi connectivity index (χ3n) is 4.59. The van der Waals surface area contributed by atoms with Crippen molar-refractivity contribution < 1.29 is 9.21 Å². The van der Waals surface area contributed by atoms with Crippen LogP contribution >= 0.6 is 0 Å². The molecule has 0 saturated carbocycles. The second-order valence-electron chi connectivity index (χ2n) is 6.76. The van der Waals surface area contributed by atoms with Crippen molar-refractivity contribution in [3.63, 3.8) is 0 Å². The van der Waals surface area contributed by atoms with Crippen LogP contribution in [0.4, 0.5) is 0 Å². The van der Waals surface area contributed by atoms with Crippen LogP contribution in [0.1, 0.15) is 27.2 Å². The zero-order valence-corrected chi connectivity index (χ0v) is 15.8. The molecule has 4 rings (SSSR count). The topological polar surface area (TPSA) is 60.1 Å². The zero-order chi connectivity index (χ0) is 19.5. The first-order chi connectivity index (χ1) is 13.6. The maximum absolute atomic E-state index is 13.0. The van der Waals surface area contributed by atoms with Crippen LogP contribution < -0.4 is 5.32 Å². The number of nitrogens with zero attached hydrogens (tertiary/aromatic N) is 2. The zero-order valence-electron chi connectivity index (χ0n) is 15.8. The summed E-state index contributed by atoms with van der Waals surface area (Å²) in [6, 6.07) is 21.3. The molecule has 0 aliphatic carbocycles. The van der Waals surface area contributed by atoms with E-state index in [0.29, 0.717) is 23.7 Å². The summed E-state index contributed by atoms with van der Waals surface area (Å²) < 4.78 is 7.16. The van der Waals surface area contributed by atoms with Crippen molar-refractivity contribution in [2.45, 2.75) is 20.4 Å². The number of aryl methyl sites for hydroxylation is 2. The van der Waals surface area contributed by atoms with Gasteiger partial charge in [-0.2, -0.15) is 5.10 Å². The Balaban J connectivity index is 1.71. The summed E-state index contributed by atoms with van der Waals surface area (Å²) in [5.41, 5.74) is 5.21. The van der Waals surface area contributed by atoms with Crippen LogP contribution in [0.25, 0.3) is 17.1 Å². The molecule has 2 aromatic heterocycles. The standard InChI is InChI=1S/C23H21N3O2/c1-16-10-11-20(17(2)13-16)26-21(14-19(25-26)22-9-6-12-28-22)23(27)24-15-18-7-4-3-5-8-18/h3-14H,15H2,1-2H3,(H,24,27). The van der Waals surface area contributed by atoms with Gasteiger partial charge in [0.1, 0.15) is 11.4 Å². The number of hydrogen-bond acceptors (Lipinski definition) is 3. The van der Waals surface area contributed by atoms with Gasteiger partial charge in [0.15, 0.2) is 5.76 Å². The van der Waals surface area contributed by atoms with E-state index in [1.165, 1.54) is 0 Å². The summed E-state index contributed by atoms with van der Waals surface area (Å²) in [6.07, 6.45) is 1.60. The van der Waals surface area contributed by atoms with Gasteiger partial charge in [0.25, 0.3) is 5.91 Å². The van der Waals surface area contributed by atoms with E-state index in [1.54, 1.807) is 23.1 Å². The van der Waals surface area contributed by atoms with Crippen LogP contribution in [0.15, 0.2) is 77.4 Å². The summed E-state index contributed by atoms with van der Waals surface area (Å²) in [6.45, 7) is 4.51. The predicted molar refractivity (Wildman–Crippen MR) is 108 cm³/mol. The summed E-state index contributed by atoms with van der Waals surface area (Å²) in [7, 11) is 0. The Morgan fingerprint density at radius 1 is 1.04 bits per heavy atom. The Morgan fingerprint density at radius 3 is 2.57 bits per heavy atom. The Bertz CT molecular complexity index is 1100. The molecule has 0 aliphatic rings. The fourth-order valence-electron chi connectivity index (χ4n) is 3.18. The molecule has 5 heteroatoms. The van der Waals surface area contributed by atoms with Crippen LogP contribution in [0.2, 0.25) is 0 Å². The predicted octanol–water partition coefficient (Wildman–Crippen LogP) is 4.68. The van der Waals surface area contributed by atoms with E-state index in [-0.39, 0.29) is 5.91 Å². The molecule has 1 amide bonds. The molecular weight excluding hydrogens is 350 g/mol. The quantitative estimate of drug-likeness (QED) is 0.554. The smallest absolute Gasteiger partial charge is 0.270 e. The number of nitrogens with one attached hydrogen (secondary N) is 1. The van der Waals surface area contributed by atoms with Gasteiger partial charge in [0, 0.05) is 12.6 Å². The van der Waals surface area contributed by atoms with Gasteiger partial charge in [0.2, 0.25) is 0 Å². The molecule has 1 N–H and O–H groups in total. The fraction of sp³-hybridized carbons (Fsp3) is 0.130. The second kappa shape index (κ2) is 7.56. The lowest BCUT2D eigenvalue weighted by Gasteiger charge is -2.11. The Morgan fingerprint density at radius 2 is 1.86 bits per heavy atom.